The first-order valence-electron chi connectivity index (χ1n) is 3.89. The smallest absolute Gasteiger partial charge is 0.102 e. The van der Waals surface area contributed by atoms with E-state index < -0.39 is 0 Å². The van der Waals surface area contributed by atoms with Gasteiger partial charge in [-0.2, -0.15) is 21.0 Å². The molecular formula is C11HN5. The van der Waals surface area contributed by atoms with Crippen molar-refractivity contribution in [3.63, 3.8) is 0 Å². The second kappa shape index (κ2) is 4.26. The van der Waals surface area contributed by atoms with Crippen LogP contribution in [0.4, 0.5) is 0 Å². The fourth-order valence-electron chi connectivity index (χ4n) is 1.26. The minimum absolute atomic E-state index is 0.0203. The molecule has 1 rings (SSSR count). The zero-order chi connectivity index (χ0) is 12.1. The maximum atomic E-state index is 8.84. The van der Waals surface area contributed by atoms with E-state index in [0.29, 0.717) is 0 Å². The fraction of sp³-hybridized carbons (Fsp3) is 0. The summed E-state index contributed by atoms with van der Waals surface area (Å²) in [6, 6.07) is 6.83. The van der Waals surface area contributed by atoms with Crippen LogP contribution in [0.5, 0.6) is 0 Å². The highest BCUT2D eigenvalue weighted by atomic mass is 14.4. The molecule has 0 heterocycles. The molecule has 0 radical (unpaired) electrons. The van der Waals surface area contributed by atoms with Crippen molar-refractivity contribution in [2.75, 3.05) is 0 Å². The molecule has 0 aromatic heterocycles. The van der Waals surface area contributed by atoms with Gasteiger partial charge >= 0.3 is 0 Å². The van der Waals surface area contributed by atoms with Crippen molar-refractivity contribution in [1.29, 1.82) is 26.5 Å². The number of nitrogens with zero attached hydrogens (tertiary/aromatic N) is 4. The minimum Gasteiger partial charge on any atom is -0.251 e. The molecule has 0 saturated heterocycles. The molecule has 0 aromatic rings. The molecule has 0 fully saturated rings. The number of nitrogens with one attached hydrogen (secondary N) is 1. The van der Waals surface area contributed by atoms with E-state index in [2.05, 4.69) is 5.73 Å². The molecule has 0 unspecified atom stereocenters. The molecular weight excluding hydrogens is 202 g/mol. The third-order valence-electron chi connectivity index (χ3n) is 1.88. The molecule has 16 heavy (non-hydrogen) atoms. The lowest BCUT2D eigenvalue weighted by atomic mass is 10.1. The topological polar surface area (TPSA) is 119 Å². The molecule has 0 aromatic carbocycles. The van der Waals surface area contributed by atoms with Gasteiger partial charge in [-0.1, -0.05) is 0 Å². The highest BCUT2D eigenvalue weighted by Crippen LogP contribution is 2.34. The Labute approximate surface area is 90.9 Å². The van der Waals surface area contributed by atoms with Crippen LogP contribution in [0.3, 0.4) is 0 Å². The lowest BCUT2D eigenvalue weighted by molar-refractivity contribution is 1.42. The van der Waals surface area contributed by atoms with E-state index in [4.69, 9.17) is 26.5 Å². The molecule has 1 aliphatic rings. The van der Waals surface area contributed by atoms with Crippen molar-refractivity contribution < 1.29 is 0 Å². The van der Waals surface area contributed by atoms with E-state index in [-0.39, 0.29) is 27.9 Å². The number of hydrogen-bond donors (Lipinski definition) is 1. The summed E-state index contributed by atoms with van der Waals surface area (Å²) < 4.78 is 0. The predicted octanol–water partition coefficient (Wildman–Crippen LogP) is 1.02. The van der Waals surface area contributed by atoms with Crippen LogP contribution in [-0.2, 0) is 0 Å². The maximum absolute atomic E-state index is 8.84. The fourth-order valence-corrected chi connectivity index (χ4v) is 1.26. The Morgan fingerprint density at radius 1 is 0.688 bits per heavy atom. The van der Waals surface area contributed by atoms with E-state index in [1.165, 1.54) is 0 Å². The maximum Gasteiger partial charge on any atom is 0.102 e. The third-order valence-corrected chi connectivity index (χ3v) is 1.88. The van der Waals surface area contributed by atoms with Crippen molar-refractivity contribution in [1.82, 2.24) is 0 Å². The van der Waals surface area contributed by atoms with Gasteiger partial charge < -0.3 is 0 Å². The standard InChI is InChI=1S/C11HN5/c12-2-1-7-8(3-13)10(5-15)11(6-16)9(7)4-14/h12H. The van der Waals surface area contributed by atoms with E-state index in [0.717, 1.165) is 0 Å². The average molecular weight is 203 g/mol. The van der Waals surface area contributed by atoms with Crippen molar-refractivity contribution in [3.8, 4) is 24.3 Å². The van der Waals surface area contributed by atoms with Crippen LogP contribution in [0.2, 0.25) is 0 Å². The highest BCUT2D eigenvalue weighted by Gasteiger charge is 2.29. The molecule has 0 spiro atoms. The molecule has 1 N–H and O–H groups in total. The van der Waals surface area contributed by atoms with Crippen LogP contribution >= 0.6 is 0 Å². The van der Waals surface area contributed by atoms with Gasteiger partial charge in [0, 0.05) is 5.87 Å². The van der Waals surface area contributed by atoms with Crippen molar-refractivity contribution in [2.24, 2.45) is 0 Å². The highest BCUT2D eigenvalue weighted by molar-refractivity contribution is 5.79. The molecule has 0 saturated carbocycles. The lowest BCUT2D eigenvalue weighted by Gasteiger charge is -1.89. The monoisotopic (exact) mass is 203 g/mol. The predicted molar refractivity (Wildman–Crippen MR) is 51.3 cm³/mol. The van der Waals surface area contributed by atoms with Crippen LogP contribution in [0.25, 0.3) is 0 Å². The van der Waals surface area contributed by atoms with E-state index >= 15 is 0 Å². The van der Waals surface area contributed by atoms with Gasteiger partial charge in [0.25, 0.3) is 0 Å². The van der Waals surface area contributed by atoms with Gasteiger partial charge in [0.2, 0.25) is 0 Å². The van der Waals surface area contributed by atoms with E-state index in [1.54, 1.807) is 30.1 Å². The largest absolute Gasteiger partial charge is 0.251 e. The van der Waals surface area contributed by atoms with Crippen LogP contribution < -0.4 is 0 Å². The Hall–Kier alpha value is -3.33. The Balaban J connectivity index is 3.85. The molecule has 5 heteroatoms. The summed E-state index contributed by atoms with van der Waals surface area (Å²) in [5.41, 5.74) is 1.69. The summed E-state index contributed by atoms with van der Waals surface area (Å²) in [6.07, 6.45) is 0. The molecule has 0 amide bonds. The summed E-state index contributed by atoms with van der Waals surface area (Å²) >= 11 is 0. The van der Waals surface area contributed by atoms with Crippen LogP contribution in [-0.4, -0.2) is 5.87 Å². The first kappa shape index (κ1) is 10.7. The molecule has 5 nitrogen and oxygen atoms in total. The molecule has 70 valence electrons. The second-order valence-electron chi connectivity index (χ2n) is 2.57. The van der Waals surface area contributed by atoms with Crippen molar-refractivity contribution in [2.45, 2.75) is 0 Å². The van der Waals surface area contributed by atoms with E-state index in [9.17, 15) is 0 Å². The second-order valence-corrected chi connectivity index (χ2v) is 2.57. The molecule has 1 aliphatic carbocycles. The number of hydrogen-bond acceptors (Lipinski definition) is 5. The van der Waals surface area contributed by atoms with Gasteiger partial charge in [-0.25, -0.2) is 0 Å². The molecule has 0 bridgehead atoms. The van der Waals surface area contributed by atoms with Gasteiger partial charge in [0.15, 0.2) is 0 Å². The van der Waals surface area contributed by atoms with Crippen LogP contribution in [0, 0.1) is 50.7 Å². The van der Waals surface area contributed by atoms with Gasteiger partial charge in [-0.05, 0) is 5.73 Å². The van der Waals surface area contributed by atoms with Gasteiger partial charge in [0.1, 0.15) is 24.3 Å². The summed E-state index contributed by atoms with van der Waals surface area (Å²) in [5, 5.41) is 42.0. The average Bonchev–Trinajstić information content (AvgIpc) is 2.61. The van der Waals surface area contributed by atoms with Crippen LogP contribution in [0.1, 0.15) is 0 Å². The van der Waals surface area contributed by atoms with Gasteiger partial charge in [-0.3, -0.25) is 5.41 Å². The zero-order valence-electron chi connectivity index (χ0n) is 7.79. The van der Waals surface area contributed by atoms with Gasteiger partial charge in [-0.15, -0.1) is 0 Å². The first-order valence-corrected chi connectivity index (χ1v) is 3.89. The third kappa shape index (κ3) is 1.30. The molecule has 0 aliphatic heterocycles. The summed E-state index contributed by atoms with van der Waals surface area (Å²) in [5.74, 6) is 1.80. The van der Waals surface area contributed by atoms with Crippen molar-refractivity contribution in [3.05, 3.63) is 33.6 Å². The first-order chi connectivity index (χ1) is 7.74. The van der Waals surface area contributed by atoms with Crippen molar-refractivity contribution >= 4 is 5.87 Å². The Kier molecular flexibility index (Phi) is 2.86. The Bertz CT molecular complexity index is 629. The Morgan fingerprint density at radius 2 is 1.06 bits per heavy atom. The molecule has 0 atom stereocenters. The summed E-state index contributed by atoms with van der Waals surface area (Å²) in [7, 11) is 0. The van der Waals surface area contributed by atoms with E-state index in [1.807, 2.05) is 0 Å². The summed E-state index contributed by atoms with van der Waals surface area (Å²) in [4.78, 5) is 0. The quantitative estimate of drug-likeness (QED) is 0.466. The number of rotatable bonds is 0. The SMILES string of the molecule is N#CC1=C(C#N)C(C#N)=C(C#N)C1=C=C=N. The summed E-state index contributed by atoms with van der Waals surface area (Å²) in [6.45, 7) is 0. The van der Waals surface area contributed by atoms with Gasteiger partial charge in [0.05, 0.1) is 27.9 Å². The minimum atomic E-state index is -0.153. The number of nitriles is 4. The normalized spacial score (nSPS) is 13.1. The lowest BCUT2D eigenvalue weighted by Crippen LogP contribution is -1.84. The zero-order valence-corrected chi connectivity index (χ0v) is 7.79. The Morgan fingerprint density at radius 3 is 1.31 bits per heavy atom. The van der Waals surface area contributed by atoms with Crippen LogP contribution in [0.15, 0.2) is 33.6 Å². The number of allylic oxidation sites excluding steroid dienone is 5.